The molecule has 120 valence electrons. The molecule has 4 rings (SSSR count). The van der Waals surface area contributed by atoms with Crippen molar-refractivity contribution in [3.05, 3.63) is 56.6 Å². The van der Waals surface area contributed by atoms with Gasteiger partial charge in [0, 0.05) is 10.7 Å². The number of aromatic nitrogens is 2. The van der Waals surface area contributed by atoms with Crippen molar-refractivity contribution in [2.24, 2.45) is 0 Å². The van der Waals surface area contributed by atoms with Gasteiger partial charge in [0.2, 0.25) is 0 Å². The van der Waals surface area contributed by atoms with Gasteiger partial charge in [-0.15, -0.1) is 0 Å². The molecule has 1 fully saturated rings. The summed E-state index contributed by atoms with van der Waals surface area (Å²) in [6, 6.07) is 5.62. The van der Waals surface area contributed by atoms with E-state index in [9.17, 15) is 13.2 Å². The number of nitrogens with zero attached hydrogens (tertiary/aromatic N) is 1. The number of fused-ring (bicyclic) bond motifs is 4. The number of hydrogen-bond acceptors (Lipinski definition) is 3. The molecule has 0 amide bonds. The maximum atomic E-state index is 13.1. The summed E-state index contributed by atoms with van der Waals surface area (Å²) in [5.41, 5.74) is 1.61. The summed E-state index contributed by atoms with van der Waals surface area (Å²) in [6.45, 7) is 0. The fourth-order valence-corrected chi connectivity index (χ4v) is 5.17. The van der Waals surface area contributed by atoms with Crippen LogP contribution in [0, 0.1) is 0 Å². The van der Waals surface area contributed by atoms with Gasteiger partial charge in [-0.3, -0.25) is 19.3 Å². The Morgan fingerprint density at radius 1 is 1.17 bits per heavy atom. The minimum atomic E-state index is -3.74. The average molecular weight is 352 g/mol. The van der Waals surface area contributed by atoms with Crippen LogP contribution in [0.3, 0.4) is 0 Å². The molecule has 0 aliphatic carbocycles. The molecule has 0 spiro atoms. The molecule has 1 unspecified atom stereocenters. The van der Waals surface area contributed by atoms with E-state index in [1.807, 2.05) is 0 Å². The van der Waals surface area contributed by atoms with Crippen LogP contribution in [0.1, 0.15) is 36.6 Å². The maximum Gasteiger partial charge on any atom is 0.269 e. The zero-order valence-corrected chi connectivity index (χ0v) is 13.6. The Balaban J connectivity index is 1.88. The molecule has 2 N–H and O–H groups in total. The lowest BCUT2D eigenvalue weighted by Gasteiger charge is -2.40. The van der Waals surface area contributed by atoms with Crippen LogP contribution in [0.25, 0.3) is 6.08 Å². The molecule has 2 aliphatic heterocycles. The van der Waals surface area contributed by atoms with Gasteiger partial charge in [-0.2, -0.15) is 0 Å². The summed E-state index contributed by atoms with van der Waals surface area (Å²) < 4.78 is 27.5. The second-order valence-corrected chi connectivity index (χ2v) is 7.96. The first-order chi connectivity index (χ1) is 11.0. The lowest BCUT2D eigenvalue weighted by Crippen LogP contribution is -2.40. The highest BCUT2D eigenvalue weighted by Crippen LogP contribution is 2.44. The summed E-state index contributed by atoms with van der Waals surface area (Å²) in [5.74, 6) is 0. The predicted octanol–water partition coefficient (Wildman–Crippen LogP) is 2.63. The number of aromatic amines is 2. The molecule has 3 heterocycles. The van der Waals surface area contributed by atoms with Crippen molar-refractivity contribution < 1.29 is 8.42 Å². The van der Waals surface area contributed by atoms with Gasteiger partial charge in [0.05, 0.1) is 22.2 Å². The van der Waals surface area contributed by atoms with Crippen LogP contribution in [-0.4, -0.2) is 22.9 Å². The lowest BCUT2D eigenvalue weighted by molar-refractivity contribution is 0.305. The molecule has 1 atom stereocenters. The molecule has 23 heavy (non-hydrogen) atoms. The summed E-state index contributed by atoms with van der Waals surface area (Å²) in [6.07, 6.45) is 3.89. The molecular weight excluding hydrogens is 338 g/mol. The summed E-state index contributed by atoms with van der Waals surface area (Å²) >= 11 is 5.85. The van der Waals surface area contributed by atoms with Gasteiger partial charge in [0.15, 0.2) is 0 Å². The molecule has 8 heteroatoms. The minimum Gasteiger partial charge on any atom is -0.298 e. The third-order valence-corrected chi connectivity index (χ3v) is 6.46. The van der Waals surface area contributed by atoms with Crippen molar-refractivity contribution in [1.82, 2.24) is 14.5 Å². The van der Waals surface area contributed by atoms with E-state index < -0.39 is 16.1 Å². The lowest BCUT2D eigenvalue weighted by atomic mass is 9.91. The van der Waals surface area contributed by atoms with E-state index in [1.165, 1.54) is 16.4 Å². The van der Waals surface area contributed by atoms with Crippen LogP contribution in [0.4, 0.5) is 0 Å². The topological polar surface area (TPSA) is 86.0 Å². The minimum absolute atomic E-state index is 0.176. The maximum absolute atomic E-state index is 13.1. The summed E-state index contributed by atoms with van der Waals surface area (Å²) in [7, 11) is -3.74. The quantitative estimate of drug-likeness (QED) is 0.872. The van der Waals surface area contributed by atoms with Crippen LogP contribution in [0.5, 0.6) is 0 Å². The van der Waals surface area contributed by atoms with Crippen molar-refractivity contribution in [1.29, 1.82) is 0 Å². The third kappa shape index (κ3) is 2.14. The van der Waals surface area contributed by atoms with Crippen molar-refractivity contribution in [3.63, 3.8) is 0 Å². The second-order valence-electron chi connectivity index (χ2n) is 5.70. The molecule has 6 nitrogen and oxygen atoms in total. The smallest absolute Gasteiger partial charge is 0.269 e. The Bertz CT molecular complexity index is 957. The van der Waals surface area contributed by atoms with E-state index in [1.54, 1.807) is 18.2 Å². The average Bonchev–Trinajstić information content (AvgIpc) is 2.88. The Hall–Kier alpha value is -1.99. The SMILES string of the molecule is O=c1[nH][nH]c2c1C1CCCC(=C2)N1S(=O)(=O)c1ccc(Cl)cc1. The first-order valence-electron chi connectivity index (χ1n) is 7.29. The second kappa shape index (κ2) is 5.01. The summed E-state index contributed by atoms with van der Waals surface area (Å²) in [5, 5.41) is 5.85. The number of piperidine rings is 1. The van der Waals surface area contributed by atoms with Gasteiger partial charge in [-0.1, -0.05) is 11.6 Å². The number of nitrogens with one attached hydrogen (secondary N) is 2. The predicted molar refractivity (Wildman–Crippen MR) is 86.5 cm³/mol. The fourth-order valence-electron chi connectivity index (χ4n) is 3.34. The molecule has 1 saturated heterocycles. The first-order valence-corrected chi connectivity index (χ1v) is 9.11. The van der Waals surface area contributed by atoms with E-state index >= 15 is 0 Å². The van der Waals surface area contributed by atoms with Gasteiger partial charge in [0.1, 0.15) is 0 Å². The van der Waals surface area contributed by atoms with E-state index in [0.717, 1.165) is 6.42 Å². The molecule has 1 aromatic carbocycles. The summed E-state index contributed by atoms with van der Waals surface area (Å²) in [4.78, 5) is 12.2. The molecule has 2 aromatic rings. The van der Waals surface area contributed by atoms with Gasteiger partial charge >= 0.3 is 0 Å². The Labute approximate surface area is 137 Å². The van der Waals surface area contributed by atoms with Crippen molar-refractivity contribution in [3.8, 4) is 0 Å². The van der Waals surface area contributed by atoms with Gasteiger partial charge < -0.3 is 0 Å². The molecule has 0 saturated carbocycles. The number of hydrogen-bond donors (Lipinski definition) is 2. The zero-order valence-electron chi connectivity index (χ0n) is 12.0. The largest absolute Gasteiger partial charge is 0.298 e. The highest BCUT2D eigenvalue weighted by atomic mass is 35.5. The van der Waals surface area contributed by atoms with E-state index in [2.05, 4.69) is 10.2 Å². The fraction of sp³-hybridized carbons (Fsp3) is 0.267. The number of allylic oxidation sites excluding steroid dienone is 1. The van der Waals surface area contributed by atoms with E-state index in [4.69, 9.17) is 11.6 Å². The van der Waals surface area contributed by atoms with Crippen LogP contribution < -0.4 is 5.56 Å². The number of halogens is 1. The normalized spacial score (nSPS) is 20.1. The Morgan fingerprint density at radius 2 is 1.91 bits per heavy atom. The van der Waals surface area contributed by atoms with Crippen LogP contribution >= 0.6 is 11.6 Å². The molecule has 1 aromatic heterocycles. The molecule has 0 radical (unpaired) electrons. The number of benzene rings is 1. The van der Waals surface area contributed by atoms with Gasteiger partial charge in [0.25, 0.3) is 15.6 Å². The highest BCUT2D eigenvalue weighted by Gasteiger charge is 2.41. The monoisotopic (exact) mass is 351 g/mol. The van der Waals surface area contributed by atoms with Crippen molar-refractivity contribution in [2.75, 3.05) is 0 Å². The van der Waals surface area contributed by atoms with E-state index in [-0.39, 0.29) is 10.5 Å². The Kier molecular flexibility index (Phi) is 3.18. The van der Waals surface area contributed by atoms with Crippen molar-refractivity contribution >= 4 is 27.7 Å². The van der Waals surface area contributed by atoms with Crippen LogP contribution in [0.15, 0.2) is 39.7 Å². The van der Waals surface area contributed by atoms with Gasteiger partial charge in [-0.05, 0) is 49.6 Å². The van der Waals surface area contributed by atoms with Crippen LogP contribution in [0.2, 0.25) is 5.02 Å². The first kappa shape index (κ1) is 14.6. The number of rotatable bonds is 2. The molecule has 2 aliphatic rings. The van der Waals surface area contributed by atoms with Crippen molar-refractivity contribution in [2.45, 2.75) is 30.2 Å². The number of sulfonamides is 1. The highest BCUT2D eigenvalue weighted by molar-refractivity contribution is 7.89. The Morgan fingerprint density at radius 3 is 2.65 bits per heavy atom. The van der Waals surface area contributed by atoms with Gasteiger partial charge in [-0.25, -0.2) is 8.42 Å². The van der Waals surface area contributed by atoms with Crippen LogP contribution in [-0.2, 0) is 10.0 Å². The molecular formula is C15H14ClN3O3S. The zero-order chi connectivity index (χ0) is 16.2. The third-order valence-electron chi connectivity index (χ3n) is 4.34. The molecule has 2 bridgehead atoms. The standard InChI is InChI=1S/C15H14ClN3O3S/c16-9-4-6-11(7-5-9)23(21,22)19-10-2-1-3-13(19)14-12(8-10)17-18-15(14)20/h4-8,13H,1-3H2,(H2,17,18,20). The van der Waals surface area contributed by atoms with E-state index in [0.29, 0.717) is 34.8 Å². The number of H-pyrrole nitrogens is 2.